The van der Waals surface area contributed by atoms with Crippen LogP contribution in [0.15, 0.2) is 5.38 Å². The van der Waals surface area contributed by atoms with Crippen molar-refractivity contribution >= 4 is 28.8 Å². The molecule has 5 heteroatoms. The van der Waals surface area contributed by atoms with Gasteiger partial charge in [-0.15, -0.1) is 22.9 Å². The molecular weight excluding hydrogens is 268 g/mol. The molecule has 1 amide bonds. The van der Waals surface area contributed by atoms with Crippen LogP contribution < -0.4 is 0 Å². The van der Waals surface area contributed by atoms with Crippen molar-refractivity contribution in [3.63, 3.8) is 0 Å². The van der Waals surface area contributed by atoms with Gasteiger partial charge in [0.1, 0.15) is 0 Å². The van der Waals surface area contributed by atoms with Gasteiger partial charge in [-0.3, -0.25) is 4.79 Å². The van der Waals surface area contributed by atoms with Crippen molar-refractivity contribution in [1.29, 1.82) is 0 Å². The molecule has 0 spiro atoms. The van der Waals surface area contributed by atoms with Gasteiger partial charge < -0.3 is 4.90 Å². The molecule has 0 bridgehead atoms. The summed E-state index contributed by atoms with van der Waals surface area (Å²) in [6.07, 6.45) is 2.17. The van der Waals surface area contributed by atoms with Crippen LogP contribution in [-0.2, 0) is 10.2 Å². The highest BCUT2D eigenvalue weighted by molar-refractivity contribution is 7.09. The highest BCUT2D eigenvalue weighted by atomic mass is 35.5. The number of amides is 1. The second kappa shape index (κ2) is 5.17. The maximum Gasteiger partial charge on any atom is 0.246 e. The van der Waals surface area contributed by atoms with E-state index in [0.717, 1.165) is 30.9 Å². The van der Waals surface area contributed by atoms with Crippen molar-refractivity contribution in [2.75, 3.05) is 13.1 Å². The predicted molar refractivity (Wildman–Crippen MR) is 75.2 cm³/mol. The van der Waals surface area contributed by atoms with Crippen LogP contribution in [0.2, 0.25) is 0 Å². The minimum atomic E-state index is -0.629. The number of likely N-dealkylation sites (tertiary alicyclic amines) is 1. The number of nitrogens with zero attached hydrogens (tertiary/aromatic N) is 2. The fourth-order valence-electron chi connectivity index (χ4n) is 1.97. The summed E-state index contributed by atoms with van der Waals surface area (Å²) in [6, 6.07) is 0. The van der Waals surface area contributed by atoms with Crippen LogP contribution in [0, 0.1) is 0 Å². The first-order valence-electron chi connectivity index (χ1n) is 6.28. The summed E-state index contributed by atoms with van der Waals surface area (Å²) in [4.78, 5) is 18.5. The molecule has 1 unspecified atom stereocenters. The summed E-state index contributed by atoms with van der Waals surface area (Å²) in [5.41, 5.74) is 0.708. The fraction of sp³-hybridized carbons (Fsp3) is 0.692. The molecule has 2 heterocycles. The number of aromatic nitrogens is 1. The van der Waals surface area contributed by atoms with E-state index in [1.54, 1.807) is 11.3 Å². The Labute approximate surface area is 117 Å². The average Bonchev–Trinajstić information content (AvgIpc) is 2.96. The SMILES string of the molecule is CC(C)(C)c1nc(C(Cl)C(=O)N2CCCC2)cs1. The van der Waals surface area contributed by atoms with Gasteiger partial charge in [0, 0.05) is 23.9 Å². The van der Waals surface area contributed by atoms with Gasteiger partial charge >= 0.3 is 0 Å². The lowest BCUT2D eigenvalue weighted by Gasteiger charge is -2.18. The number of carbonyl (C=O) groups is 1. The summed E-state index contributed by atoms with van der Waals surface area (Å²) >= 11 is 7.83. The molecule has 0 radical (unpaired) electrons. The molecule has 2 rings (SSSR count). The van der Waals surface area contributed by atoms with Crippen LogP contribution >= 0.6 is 22.9 Å². The molecule has 1 aromatic rings. The molecule has 1 atom stereocenters. The number of halogens is 1. The number of alkyl halides is 1. The van der Waals surface area contributed by atoms with Crippen molar-refractivity contribution in [3.05, 3.63) is 16.1 Å². The third-order valence-corrected chi connectivity index (χ3v) is 4.75. The van der Waals surface area contributed by atoms with Crippen molar-refractivity contribution in [1.82, 2.24) is 9.88 Å². The highest BCUT2D eigenvalue weighted by Gasteiger charge is 2.29. The van der Waals surface area contributed by atoms with Gasteiger partial charge in [0.25, 0.3) is 0 Å². The van der Waals surface area contributed by atoms with E-state index in [0.29, 0.717) is 5.69 Å². The van der Waals surface area contributed by atoms with E-state index >= 15 is 0 Å². The van der Waals surface area contributed by atoms with Crippen LogP contribution in [0.1, 0.15) is 49.7 Å². The molecule has 0 aliphatic carbocycles. The molecule has 1 aliphatic rings. The number of hydrogen-bond acceptors (Lipinski definition) is 3. The summed E-state index contributed by atoms with van der Waals surface area (Å²) in [7, 11) is 0. The molecule has 18 heavy (non-hydrogen) atoms. The smallest absolute Gasteiger partial charge is 0.246 e. The van der Waals surface area contributed by atoms with E-state index in [-0.39, 0.29) is 11.3 Å². The lowest BCUT2D eigenvalue weighted by Crippen LogP contribution is -2.30. The lowest BCUT2D eigenvalue weighted by atomic mass is 9.98. The van der Waals surface area contributed by atoms with Crippen molar-refractivity contribution in [2.24, 2.45) is 0 Å². The Bertz CT molecular complexity index is 432. The third kappa shape index (κ3) is 2.86. The zero-order chi connectivity index (χ0) is 13.3. The van der Waals surface area contributed by atoms with Gasteiger partial charge in [0.05, 0.1) is 10.7 Å². The zero-order valence-corrected chi connectivity index (χ0v) is 12.6. The fourth-order valence-corrected chi connectivity index (χ4v) is 3.23. The molecule has 0 N–H and O–H groups in total. The molecule has 0 saturated carbocycles. The second-order valence-corrected chi connectivity index (χ2v) is 7.02. The molecule has 1 fully saturated rings. The van der Waals surface area contributed by atoms with Crippen LogP contribution in [-0.4, -0.2) is 28.9 Å². The van der Waals surface area contributed by atoms with E-state index in [4.69, 9.17) is 11.6 Å². The van der Waals surface area contributed by atoms with Gasteiger partial charge in [-0.2, -0.15) is 0 Å². The van der Waals surface area contributed by atoms with Crippen molar-refractivity contribution in [3.8, 4) is 0 Å². The number of hydrogen-bond donors (Lipinski definition) is 0. The first kappa shape index (κ1) is 13.8. The Morgan fingerprint density at radius 1 is 1.44 bits per heavy atom. The van der Waals surface area contributed by atoms with Gasteiger partial charge in [-0.25, -0.2) is 4.98 Å². The standard InChI is InChI=1S/C13H19ClN2OS/c1-13(2,3)12-15-9(8-18-12)10(14)11(17)16-6-4-5-7-16/h8,10H,4-7H2,1-3H3. The minimum Gasteiger partial charge on any atom is -0.341 e. The summed E-state index contributed by atoms with van der Waals surface area (Å²) in [5, 5.41) is 2.31. The van der Waals surface area contributed by atoms with Crippen LogP contribution in [0.4, 0.5) is 0 Å². The average molecular weight is 287 g/mol. The molecule has 100 valence electrons. The van der Waals surface area contributed by atoms with E-state index in [2.05, 4.69) is 25.8 Å². The van der Waals surface area contributed by atoms with Crippen LogP contribution in [0.25, 0.3) is 0 Å². The van der Waals surface area contributed by atoms with Gasteiger partial charge in [0.15, 0.2) is 5.38 Å². The Morgan fingerprint density at radius 2 is 2.06 bits per heavy atom. The largest absolute Gasteiger partial charge is 0.341 e. The quantitative estimate of drug-likeness (QED) is 0.781. The Morgan fingerprint density at radius 3 is 2.56 bits per heavy atom. The number of thiazole rings is 1. The molecule has 3 nitrogen and oxygen atoms in total. The van der Waals surface area contributed by atoms with Gasteiger partial charge in [0.2, 0.25) is 5.91 Å². The van der Waals surface area contributed by atoms with Crippen LogP contribution in [0.3, 0.4) is 0 Å². The Hall–Kier alpha value is -0.610. The molecular formula is C13H19ClN2OS. The second-order valence-electron chi connectivity index (χ2n) is 5.72. The topological polar surface area (TPSA) is 33.2 Å². The van der Waals surface area contributed by atoms with Crippen LogP contribution in [0.5, 0.6) is 0 Å². The molecule has 1 saturated heterocycles. The normalized spacial score (nSPS) is 18.1. The highest BCUT2D eigenvalue weighted by Crippen LogP contribution is 2.31. The monoisotopic (exact) mass is 286 g/mol. The Balaban J connectivity index is 2.11. The lowest BCUT2D eigenvalue weighted by molar-refractivity contribution is -0.129. The molecule has 1 aromatic heterocycles. The van der Waals surface area contributed by atoms with E-state index < -0.39 is 5.38 Å². The van der Waals surface area contributed by atoms with E-state index in [1.165, 1.54) is 0 Å². The first-order chi connectivity index (χ1) is 8.39. The van der Waals surface area contributed by atoms with Gasteiger partial charge in [-0.1, -0.05) is 20.8 Å². The summed E-state index contributed by atoms with van der Waals surface area (Å²) < 4.78 is 0. The van der Waals surface area contributed by atoms with Crippen molar-refractivity contribution < 1.29 is 4.79 Å². The molecule has 1 aliphatic heterocycles. The summed E-state index contributed by atoms with van der Waals surface area (Å²) in [5.74, 6) is -0.0000687. The molecule has 0 aromatic carbocycles. The van der Waals surface area contributed by atoms with E-state index in [1.807, 2.05) is 10.3 Å². The van der Waals surface area contributed by atoms with Gasteiger partial charge in [-0.05, 0) is 12.8 Å². The summed E-state index contributed by atoms with van der Waals surface area (Å²) in [6.45, 7) is 8.00. The van der Waals surface area contributed by atoms with Crippen molar-refractivity contribution in [2.45, 2.75) is 44.4 Å². The first-order valence-corrected chi connectivity index (χ1v) is 7.60. The minimum absolute atomic E-state index is 0.0000687. The number of carbonyl (C=O) groups excluding carboxylic acids is 1. The zero-order valence-electron chi connectivity index (χ0n) is 11.1. The number of rotatable bonds is 2. The maximum atomic E-state index is 12.2. The maximum absolute atomic E-state index is 12.2. The van der Waals surface area contributed by atoms with E-state index in [9.17, 15) is 4.79 Å². The predicted octanol–water partition coefficient (Wildman–Crippen LogP) is 3.34. The third-order valence-electron chi connectivity index (χ3n) is 3.06. The Kier molecular flexibility index (Phi) is 3.97.